The van der Waals surface area contributed by atoms with Gasteiger partial charge in [-0.2, -0.15) is 0 Å². The van der Waals surface area contributed by atoms with Gasteiger partial charge in [-0.3, -0.25) is 4.79 Å². The Hall–Kier alpha value is -0.810. The van der Waals surface area contributed by atoms with Crippen LogP contribution in [-0.2, 0) is 23.7 Å². The second-order valence-corrected chi connectivity index (χ2v) is 14.1. The lowest BCUT2D eigenvalue weighted by Gasteiger charge is -2.39. The standard InChI is InChI=1S/C39H76O9/c1-3-5-7-9-11-12-13-14-15-16-17-18-19-20-21-22-24-26-28-35(41)47-33(31-45-29-27-25-23-10-8-6-4-2)32-46-39-38(44)37(43)36(42)34(30-40)48-39/h33-34,36-40,42-44H,3-32H2,1-2H3. The molecule has 0 saturated carbocycles. The maximum absolute atomic E-state index is 12.7. The van der Waals surface area contributed by atoms with Crippen LogP contribution < -0.4 is 0 Å². The van der Waals surface area contributed by atoms with Gasteiger partial charge in [-0.05, 0) is 12.8 Å². The fraction of sp³-hybridized carbons (Fsp3) is 0.974. The van der Waals surface area contributed by atoms with E-state index in [0.717, 1.165) is 32.1 Å². The molecular weight excluding hydrogens is 612 g/mol. The van der Waals surface area contributed by atoms with Crippen LogP contribution in [0.3, 0.4) is 0 Å². The van der Waals surface area contributed by atoms with Gasteiger partial charge in [0.2, 0.25) is 0 Å². The molecule has 4 N–H and O–H groups in total. The van der Waals surface area contributed by atoms with Crippen LogP contribution in [-0.4, -0.2) is 89.6 Å². The molecule has 0 aromatic carbocycles. The summed E-state index contributed by atoms with van der Waals surface area (Å²) in [5, 5.41) is 39.9. The van der Waals surface area contributed by atoms with E-state index in [1.807, 2.05) is 0 Å². The lowest BCUT2D eigenvalue weighted by atomic mass is 9.99. The number of aliphatic hydroxyl groups excluding tert-OH is 4. The highest BCUT2D eigenvalue weighted by Crippen LogP contribution is 2.22. The van der Waals surface area contributed by atoms with Gasteiger partial charge in [0.1, 0.15) is 30.5 Å². The van der Waals surface area contributed by atoms with Gasteiger partial charge in [-0.1, -0.05) is 162 Å². The smallest absolute Gasteiger partial charge is 0.306 e. The summed E-state index contributed by atoms with van der Waals surface area (Å²) in [5.74, 6) is -0.312. The van der Waals surface area contributed by atoms with Crippen molar-refractivity contribution < 1.29 is 44.2 Å². The molecule has 0 spiro atoms. The van der Waals surface area contributed by atoms with Crippen LogP contribution >= 0.6 is 0 Å². The summed E-state index contributed by atoms with van der Waals surface area (Å²) >= 11 is 0. The van der Waals surface area contributed by atoms with Crippen molar-refractivity contribution in [3.8, 4) is 0 Å². The molecule has 286 valence electrons. The molecule has 6 atom stereocenters. The van der Waals surface area contributed by atoms with E-state index < -0.39 is 43.4 Å². The Morgan fingerprint density at radius 2 is 1.02 bits per heavy atom. The number of hydrogen-bond donors (Lipinski definition) is 4. The van der Waals surface area contributed by atoms with Gasteiger partial charge in [0.05, 0.1) is 19.8 Å². The molecule has 1 fully saturated rings. The first-order chi connectivity index (χ1) is 23.4. The van der Waals surface area contributed by atoms with E-state index >= 15 is 0 Å². The Bertz CT molecular complexity index is 707. The summed E-state index contributed by atoms with van der Waals surface area (Å²) < 4.78 is 22.6. The number of esters is 1. The monoisotopic (exact) mass is 689 g/mol. The van der Waals surface area contributed by atoms with Crippen LogP contribution in [0.4, 0.5) is 0 Å². The zero-order chi connectivity index (χ0) is 35.1. The fourth-order valence-electron chi connectivity index (χ4n) is 6.32. The molecule has 0 aromatic rings. The van der Waals surface area contributed by atoms with Crippen molar-refractivity contribution in [1.82, 2.24) is 0 Å². The summed E-state index contributed by atoms with van der Waals surface area (Å²) in [6.45, 7) is 4.54. The van der Waals surface area contributed by atoms with Crippen molar-refractivity contribution in [2.75, 3.05) is 26.4 Å². The van der Waals surface area contributed by atoms with Crippen molar-refractivity contribution in [1.29, 1.82) is 0 Å². The summed E-state index contributed by atoms with van der Waals surface area (Å²) in [4.78, 5) is 12.7. The van der Waals surface area contributed by atoms with Gasteiger partial charge in [-0.25, -0.2) is 0 Å². The van der Waals surface area contributed by atoms with Crippen molar-refractivity contribution in [3.63, 3.8) is 0 Å². The first-order valence-electron chi connectivity index (χ1n) is 20.1. The Morgan fingerprint density at radius 3 is 1.48 bits per heavy atom. The molecule has 1 heterocycles. The number of aliphatic hydroxyl groups is 4. The minimum absolute atomic E-state index is 0.107. The topological polar surface area (TPSA) is 135 Å². The minimum Gasteiger partial charge on any atom is -0.457 e. The van der Waals surface area contributed by atoms with Crippen molar-refractivity contribution in [2.24, 2.45) is 0 Å². The van der Waals surface area contributed by atoms with Crippen molar-refractivity contribution in [3.05, 3.63) is 0 Å². The summed E-state index contributed by atoms with van der Waals surface area (Å²) in [5.41, 5.74) is 0. The fourth-order valence-corrected chi connectivity index (χ4v) is 6.32. The number of rotatable bonds is 34. The lowest BCUT2D eigenvalue weighted by Crippen LogP contribution is -2.59. The Labute approximate surface area is 293 Å². The van der Waals surface area contributed by atoms with Crippen LogP contribution in [0.2, 0.25) is 0 Å². The normalized spacial score (nSPS) is 21.8. The quantitative estimate of drug-likeness (QED) is 0.0393. The number of ether oxygens (including phenoxy) is 4. The predicted octanol–water partition coefficient (Wildman–Crippen LogP) is 7.91. The van der Waals surface area contributed by atoms with Crippen LogP contribution in [0.1, 0.15) is 181 Å². The Kier molecular flexibility index (Phi) is 30.3. The largest absolute Gasteiger partial charge is 0.457 e. The molecule has 1 aliphatic rings. The van der Waals surface area contributed by atoms with Gasteiger partial charge in [0.25, 0.3) is 0 Å². The van der Waals surface area contributed by atoms with E-state index in [9.17, 15) is 25.2 Å². The van der Waals surface area contributed by atoms with Crippen molar-refractivity contribution >= 4 is 5.97 Å². The van der Waals surface area contributed by atoms with Crippen LogP contribution in [0, 0.1) is 0 Å². The van der Waals surface area contributed by atoms with Gasteiger partial charge in [0, 0.05) is 13.0 Å². The average Bonchev–Trinajstić information content (AvgIpc) is 3.08. The minimum atomic E-state index is -1.53. The van der Waals surface area contributed by atoms with Crippen LogP contribution in [0.15, 0.2) is 0 Å². The molecule has 0 amide bonds. The maximum atomic E-state index is 12.7. The molecule has 0 aliphatic carbocycles. The SMILES string of the molecule is CCCCCCCCCCCCCCCCCCCCC(=O)OC(COCCCCCCCCC)COC1OC(CO)C(O)C(O)C1O. The number of carbonyl (C=O) groups excluding carboxylic acids is 1. The van der Waals surface area contributed by atoms with E-state index in [2.05, 4.69) is 13.8 Å². The zero-order valence-corrected chi connectivity index (χ0v) is 31.0. The molecule has 0 radical (unpaired) electrons. The van der Waals surface area contributed by atoms with Gasteiger partial charge in [-0.15, -0.1) is 0 Å². The van der Waals surface area contributed by atoms with Gasteiger partial charge < -0.3 is 39.4 Å². The van der Waals surface area contributed by atoms with Crippen molar-refractivity contribution in [2.45, 2.75) is 218 Å². The molecule has 1 saturated heterocycles. The molecule has 6 unspecified atom stereocenters. The number of carbonyl (C=O) groups is 1. The maximum Gasteiger partial charge on any atom is 0.306 e. The first kappa shape index (κ1) is 45.2. The Balaban J connectivity index is 2.22. The molecule has 48 heavy (non-hydrogen) atoms. The Morgan fingerprint density at radius 1 is 0.583 bits per heavy atom. The van der Waals surface area contributed by atoms with E-state index in [0.29, 0.717) is 13.0 Å². The van der Waals surface area contributed by atoms with E-state index in [1.54, 1.807) is 0 Å². The van der Waals surface area contributed by atoms with Gasteiger partial charge >= 0.3 is 5.97 Å². The van der Waals surface area contributed by atoms with E-state index in [-0.39, 0.29) is 19.2 Å². The molecule has 1 aliphatic heterocycles. The first-order valence-corrected chi connectivity index (χ1v) is 20.1. The third-order valence-corrected chi connectivity index (χ3v) is 9.52. The second-order valence-electron chi connectivity index (χ2n) is 14.1. The molecule has 9 heteroatoms. The third-order valence-electron chi connectivity index (χ3n) is 9.52. The molecule has 0 aromatic heterocycles. The summed E-state index contributed by atoms with van der Waals surface area (Å²) in [6.07, 6.45) is 24.3. The summed E-state index contributed by atoms with van der Waals surface area (Å²) in [6, 6.07) is 0. The molecular formula is C39H76O9. The van der Waals surface area contributed by atoms with E-state index in [1.165, 1.54) is 128 Å². The van der Waals surface area contributed by atoms with Gasteiger partial charge in [0.15, 0.2) is 6.29 Å². The highest BCUT2D eigenvalue weighted by atomic mass is 16.7. The zero-order valence-electron chi connectivity index (χ0n) is 31.0. The number of hydrogen-bond acceptors (Lipinski definition) is 9. The second kappa shape index (κ2) is 32.1. The molecule has 0 bridgehead atoms. The molecule has 9 nitrogen and oxygen atoms in total. The predicted molar refractivity (Wildman–Crippen MR) is 192 cm³/mol. The van der Waals surface area contributed by atoms with Crippen LogP contribution in [0.25, 0.3) is 0 Å². The highest BCUT2D eigenvalue weighted by Gasteiger charge is 2.44. The number of unbranched alkanes of at least 4 members (excludes halogenated alkanes) is 23. The highest BCUT2D eigenvalue weighted by molar-refractivity contribution is 5.69. The van der Waals surface area contributed by atoms with E-state index in [4.69, 9.17) is 18.9 Å². The van der Waals surface area contributed by atoms with Crippen LogP contribution in [0.5, 0.6) is 0 Å². The summed E-state index contributed by atoms with van der Waals surface area (Å²) in [7, 11) is 0. The third kappa shape index (κ3) is 23.6. The lowest BCUT2D eigenvalue weighted by molar-refractivity contribution is -0.305. The molecule has 1 rings (SSSR count). The average molecular weight is 689 g/mol.